The Bertz CT molecular complexity index is 239. The highest BCUT2D eigenvalue weighted by molar-refractivity contribution is 4.93. The molecule has 3 fully saturated rings. The van der Waals surface area contributed by atoms with Crippen molar-refractivity contribution in [2.45, 2.75) is 44.2 Å². The number of piperidine rings is 1. The summed E-state index contributed by atoms with van der Waals surface area (Å²) in [5, 5.41) is 3.68. The van der Waals surface area contributed by atoms with Crippen LogP contribution in [0.5, 0.6) is 0 Å². The predicted octanol–water partition coefficient (Wildman–Crippen LogP) is 1.49. The first-order chi connectivity index (χ1) is 8.33. The van der Waals surface area contributed by atoms with E-state index < -0.39 is 0 Å². The van der Waals surface area contributed by atoms with Gasteiger partial charge in [-0.2, -0.15) is 0 Å². The molecule has 17 heavy (non-hydrogen) atoms. The van der Waals surface area contributed by atoms with Crippen LogP contribution in [0.25, 0.3) is 0 Å². The Labute approximate surface area is 105 Å². The Balaban J connectivity index is 1.38. The molecule has 0 amide bonds. The van der Waals surface area contributed by atoms with Crippen LogP contribution in [-0.2, 0) is 4.74 Å². The topological polar surface area (TPSA) is 24.5 Å². The lowest BCUT2D eigenvalue weighted by Crippen LogP contribution is -2.43. The fraction of sp³-hybridized carbons (Fsp3) is 1.00. The second-order valence-electron chi connectivity index (χ2n) is 6.28. The summed E-state index contributed by atoms with van der Waals surface area (Å²) >= 11 is 0. The van der Waals surface area contributed by atoms with Gasteiger partial charge in [0.15, 0.2) is 0 Å². The molecule has 3 aliphatic heterocycles. The van der Waals surface area contributed by atoms with Crippen LogP contribution >= 0.6 is 0 Å². The molecule has 3 rings (SSSR count). The second kappa shape index (κ2) is 5.25. The molecule has 0 aromatic rings. The van der Waals surface area contributed by atoms with Crippen LogP contribution in [0.15, 0.2) is 0 Å². The van der Waals surface area contributed by atoms with Crippen molar-refractivity contribution in [3.8, 4) is 0 Å². The molecule has 3 aliphatic rings. The van der Waals surface area contributed by atoms with Crippen molar-refractivity contribution in [1.82, 2.24) is 10.2 Å². The van der Waals surface area contributed by atoms with E-state index in [-0.39, 0.29) is 0 Å². The van der Waals surface area contributed by atoms with Gasteiger partial charge >= 0.3 is 0 Å². The number of ether oxygens (including phenoxy) is 1. The van der Waals surface area contributed by atoms with Crippen molar-refractivity contribution in [2.75, 3.05) is 33.4 Å². The van der Waals surface area contributed by atoms with Crippen LogP contribution in [0.1, 0.15) is 32.1 Å². The Morgan fingerprint density at radius 3 is 2.41 bits per heavy atom. The van der Waals surface area contributed by atoms with E-state index in [1.54, 1.807) is 0 Å². The number of rotatable bonds is 4. The number of hydrogen-bond acceptors (Lipinski definition) is 3. The lowest BCUT2D eigenvalue weighted by atomic mass is 9.91. The summed E-state index contributed by atoms with van der Waals surface area (Å²) in [6.45, 7) is 4.36. The number of nitrogens with zero attached hydrogens (tertiary/aromatic N) is 1. The van der Waals surface area contributed by atoms with E-state index in [4.69, 9.17) is 4.74 Å². The first-order valence-electron chi connectivity index (χ1n) is 7.33. The number of fused-ring (bicyclic) bond motifs is 2. The van der Waals surface area contributed by atoms with Crippen molar-refractivity contribution in [2.24, 2.45) is 11.8 Å². The maximum absolute atomic E-state index is 5.41. The van der Waals surface area contributed by atoms with Gasteiger partial charge in [0, 0.05) is 25.2 Å². The normalized spacial score (nSPS) is 42.2. The highest BCUT2D eigenvalue weighted by Crippen LogP contribution is 2.36. The molecule has 0 aromatic carbocycles. The van der Waals surface area contributed by atoms with Crippen molar-refractivity contribution >= 4 is 0 Å². The van der Waals surface area contributed by atoms with Gasteiger partial charge < -0.3 is 15.0 Å². The summed E-state index contributed by atoms with van der Waals surface area (Å²) < 4.78 is 5.41. The molecule has 3 atom stereocenters. The minimum Gasteiger partial charge on any atom is -0.381 e. The number of hydrogen-bond donors (Lipinski definition) is 1. The Hall–Kier alpha value is -0.120. The summed E-state index contributed by atoms with van der Waals surface area (Å²) in [4.78, 5) is 2.63. The van der Waals surface area contributed by atoms with Gasteiger partial charge in [0.2, 0.25) is 0 Å². The van der Waals surface area contributed by atoms with Gasteiger partial charge in [0.1, 0.15) is 0 Å². The zero-order valence-corrected chi connectivity index (χ0v) is 11.0. The Kier molecular flexibility index (Phi) is 3.69. The molecule has 2 bridgehead atoms. The maximum atomic E-state index is 5.41. The zero-order chi connectivity index (χ0) is 11.7. The highest BCUT2D eigenvalue weighted by atomic mass is 16.5. The third kappa shape index (κ3) is 2.67. The lowest BCUT2D eigenvalue weighted by Gasteiger charge is -2.36. The zero-order valence-electron chi connectivity index (χ0n) is 11.0. The second-order valence-corrected chi connectivity index (χ2v) is 6.28. The fourth-order valence-electron chi connectivity index (χ4n) is 3.93. The predicted molar refractivity (Wildman–Crippen MR) is 69.1 cm³/mol. The standard InChI is InChI=1S/C14H26N2O/c1-16-13-2-3-14(16)7-12(6-13)9-15-8-11-4-5-17-10-11/h11-15H,2-10H2,1H3. The van der Waals surface area contributed by atoms with E-state index in [0.29, 0.717) is 0 Å². The van der Waals surface area contributed by atoms with Crippen molar-refractivity contribution in [1.29, 1.82) is 0 Å². The molecule has 3 saturated heterocycles. The average molecular weight is 238 g/mol. The molecular formula is C14H26N2O. The molecule has 3 heterocycles. The Morgan fingerprint density at radius 1 is 1.06 bits per heavy atom. The maximum Gasteiger partial charge on any atom is 0.0507 e. The Morgan fingerprint density at radius 2 is 1.76 bits per heavy atom. The van der Waals surface area contributed by atoms with Gasteiger partial charge in [0.05, 0.1) is 6.61 Å². The molecule has 98 valence electrons. The molecule has 1 N–H and O–H groups in total. The van der Waals surface area contributed by atoms with E-state index in [9.17, 15) is 0 Å². The first-order valence-corrected chi connectivity index (χ1v) is 7.33. The highest BCUT2D eigenvalue weighted by Gasteiger charge is 2.37. The van der Waals surface area contributed by atoms with Gasteiger partial charge in [-0.15, -0.1) is 0 Å². The van der Waals surface area contributed by atoms with Crippen molar-refractivity contribution < 1.29 is 4.74 Å². The van der Waals surface area contributed by atoms with Crippen molar-refractivity contribution in [3.05, 3.63) is 0 Å². The quantitative estimate of drug-likeness (QED) is 0.803. The molecule has 3 unspecified atom stereocenters. The van der Waals surface area contributed by atoms with Gasteiger partial charge in [0.25, 0.3) is 0 Å². The van der Waals surface area contributed by atoms with E-state index in [1.165, 1.54) is 45.2 Å². The van der Waals surface area contributed by atoms with Gasteiger partial charge in [-0.3, -0.25) is 0 Å². The third-order valence-corrected chi connectivity index (χ3v) is 5.09. The van der Waals surface area contributed by atoms with Crippen LogP contribution in [0, 0.1) is 11.8 Å². The van der Waals surface area contributed by atoms with Crippen LogP contribution in [-0.4, -0.2) is 50.3 Å². The number of nitrogens with one attached hydrogen (secondary N) is 1. The minimum atomic E-state index is 0.776. The minimum absolute atomic E-state index is 0.776. The van der Waals surface area contributed by atoms with Crippen LogP contribution in [0.2, 0.25) is 0 Å². The molecular weight excluding hydrogens is 212 g/mol. The van der Waals surface area contributed by atoms with Gasteiger partial charge in [-0.05, 0) is 57.5 Å². The van der Waals surface area contributed by atoms with Crippen molar-refractivity contribution in [3.63, 3.8) is 0 Å². The van der Waals surface area contributed by atoms with E-state index in [2.05, 4.69) is 17.3 Å². The average Bonchev–Trinajstić information content (AvgIpc) is 2.87. The smallest absolute Gasteiger partial charge is 0.0507 e. The fourth-order valence-corrected chi connectivity index (χ4v) is 3.93. The molecule has 0 saturated carbocycles. The molecule has 0 aromatic heterocycles. The molecule has 3 nitrogen and oxygen atoms in total. The van der Waals surface area contributed by atoms with E-state index in [1.807, 2.05) is 0 Å². The van der Waals surface area contributed by atoms with Crippen LogP contribution in [0.4, 0.5) is 0 Å². The summed E-state index contributed by atoms with van der Waals surface area (Å²) in [6, 6.07) is 1.77. The molecule has 0 aliphatic carbocycles. The first kappa shape index (κ1) is 11.9. The van der Waals surface area contributed by atoms with Gasteiger partial charge in [-0.1, -0.05) is 0 Å². The lowest BCUT2D eigenvalue weighted by molar-refractivity contribution is 0.131. The summed E-state index contributed by atoms with van der Waals surface area (Å²) in [5.74, 6) is 1.70. The SMILES string of the molecule is CN1C2CCC1CC(CNCC1CCOC1)C2. The largest absolute Gasteiger partial charge is 0.381 e. The monoisotopic (exact) mass is 238 g/mol. The van der Waals surface area contributed by atoms with Crippen LogP contribution < -0.4 is 5.32 Å². The van der Waals surface area contributed by atoms with Crippen LogP contribution in [0.3, 0.4) is 0 Å². The molecule has 3 heteroatoms. The van der Waals surface area contributed by atoms with E-state index >= 15 is 0 Å². The summed E-state index contributed by atoms with van der Waals surface area (Å²) in [7, 11) is 2.32. The molecule has 0 spiro atoms. The van der Waals surface area contributed by atoms with Gasteiger partial charge in [-0.25, -0.2) is 0 Å². The third-order valence-electron chi connectivity index (χ3n) is 5.09. The van der Waals surface area contributed by atoms with E-state index in [0.717, 1.165) is 37.1 Å². The summed E-state index contributed by atoms with van der Waals surface area (Å²) in [6.07, 6.45) is 6.97. The summed E-state index contributed by atoms with van der Waals surface area (Å²) in [5.41, 5.74) is 0. The molecule has 0 radical (unpaired) electrons.